The van der Waals surface area contributed by atoms with E-state index in [2.05, 4.69) is 46.5 Å². The second-order valence-electron chi connectivity index (χ2n) is 8.52. The van der Waals surface area contributed by atoms with Crippen molar-refractivity contribution in [3.63, 3.8) is 0 Å². The van der Waals surface area contributed by atoms with Gasteiger partial charge in [-0.05, 0) is 70.2 Å². The second kappa shape index (κ2) is 9.00. The molecular formula is C22H34FN5O. The van der Waals surface area contributed by atoms with Crippen LogP contribution in [-0.4, -0.2) is 44.7 Å². The monoisotopic (exact) mass is 403 g/mol. The van der Waals surface area contributed by atoms with Crippen LogP contribution in [-0.2, 0) is 6.42 Å². The molecule has 1 aromatic rings. The van der Waals surface area contributed by atoms with E-state index in [4.69, 9.17) is 4.74 Å². The van der Waals surface area contributed by atoms with Crippen molar-refractivity contribution in [2.24, 2.45) is 0 Å². The molecule has 160 valence electrons. The molecule has 3 aliphatic heterocycles. The average Bonchev–Trinajstić information content (AvgIpc) is 2.92. The van der Waals surface area contributed by atoms with Crippen LogP contribution in [0.15, 0.2) is 12.1 Å². The minimum Gasteiger partial charge on any atom is -0.493 e. The first-order chi connectivity index (χ1) is 14.0. The highest BCUT2D eigenvalue weighted by Gasteiger charge is 2.28. The predicted molar refractivity (Wildman–Crippen MR) is 116 cm³/mol. The van der Waals surface area contributed by atoms with Crippen molar-refractivity contribution in [3.8, 4) is 5.75 Å². The van der Waals surface area contributed by atoms with Crippen LogP contribution in [0.1, 0.15) is 50.7 Å². The fourth-order valence-corrected chi connectivity index (χ4v) is 4.53. The largest absolute Gasteiger partial charge is 0.493 e. The molecule has 4 unspecified atom stereocenters. The minimum atomic E-state index is -0.214. The maximum absolute atomic E-state index is 15.8. The zero-order valence-corrected chi connectivity index (χ0v) is 17.7. The fourth-order valence-electron chi connectivity index (χ4n) is 4.53. The fraction of sp³-hybridized carbons (Fsp3) is 0.636. The molecule has 3 heterocycles. The van der Waals surface area contributed by atoms with Gasteiger partial charge in [-0.15, -0.1) is 0 Å². The SMILES string of the molecule is CNC1CC(C)NC(Nc2cc3c(c(C4=CCNC(C)CC4)c2F)OCCC3)N1. The van der Waals surface area contributed by atoms with E-state index < -0.39 is 0 Å². The standard InChI is InChI=1S/C22H34FN5O/c1-13-6-7-15(8-9-25-13)19-20(23)17(12-16-5-4-10-29-21(16)19)27-22-26-14(2)11-18(24-3)28-22/h8,12-14,18,22,24-28H,4-7,9-11H2,1-3H3. The molecule has 0 spiro atoms. The van der Waals surface area contributed by atoms with Gasteiger partial charge in [-0.1, -0.05) is 6.08 Å². The molecule has 4 atom stereocenters. The molecule has 0 bridgehead atoms. The van der Waals surface area contributed by atoms with E-state index in [1.165, 1.54) is 0 Å². The molecular weight excluding hydrogens is 369 g/mol. The molecule has 6 nitrogen and oxygen atoms in total. The minimum absolute atomic E-state index is 0.185. The number of hydrogen-bond donors (Lipinski definition) is 5. The Morgan fingerprint density at radius 2 is 2.03 bits per heavy atom. The maximum Gasteiger partial charge on any atom is 0.157 e. The first-order valence-electron chi connectivity index (χ1n) is 10.9. The third-order valence-electron chi connectivity index (χ3n) is 6.17. The van der Waals surface area contributed by atoms with Crippen LogP contribution in [0.5, 0.6) is 5.75 Å². The summed E-state index contributed by atoms with van der Waals surface area (Å²) in [6.45, 7) is 5.74. The van der Waals surface area contributed by atoms with Gasteiger partial charge < -0.3 is 20.7 Å². The molecule has 5 N–H and O–H groups in total. The molecule has 0 radical (unpaired) electrons. The summed E-state index contributed by atoms with van der Waals surface area (Å²) in [4.78, 5) is 0. The highest BCUT2D eigenvalue weighted by atomic mass is 19.1. The number of hydrogen-bond acceptors (Lipinski definition) is 6. The molecule has 29 heavy (non-hydrogen) atoms. The van der Waals surface area contributed by atoms with Crippen molar-refractivity contribution >= 4 is 11.3 Å². The summed E-state index contributed by atoms with van der Waals surface area (Å²) in [5.74, 6) is 0.528. The van der Waals surface area contributed by atoms with Gasteiger partial charge in [-0.2, -0.15) is 0 Å². The summed E-state index contributed by atoms with van der Waals surface area (Å²) in [6, 6.07) is 2.69. The summed E-state index contributed by atoms with van der Waals surface area (Å²) in [5.41, 5.74) is 3.32. The summed E-state index contributed by atoms with van der Waals surface area (Å²) in [7, 11) is 1.94. The van der Waals surface area contributed by atoms with Crippen LogP contribution in [0.4, 0.5) is 10.1 Å². The molecule has 0 aliphatic carbocycles. The molecule has 0 aromatic heterocycles. The average molecular weight is 404 g/mol. The molecule has 0 saturated carbocycles. The molecule has 7 heteroatoms. The van der Waals surface area contributed by atoms with Crippen LogP contribution in [0.3, 0.4) is 0 Å². The summed E-state index contributed by atoms with van der Waals surface area (Å²) >= 11 is 0. The van der Waals surface area contributed by atoms with Crippen molar-refractivity contribution in [2.75, 3.05) is 25.5 Å². The number of halogens is 1. The van der Waals surface area contributed by atoms with Gasteiger partial charge in [0.2, 0.25) is 0 Å². The maximum atomic E-state index is 15.8. The van der Waals surface area contributed by atoms with Gasteiger partial charge in [-0.3, -0.25) is 10.6 Å². The van der Waals surface area contributed by atoms with E-state index in [9.17, 15) is 0 Å². The van der Waals surface area contributed by atoms with Crippen molar-refractivity contribution < 1.29 is 9.13 Å². The highest BCUT2D eigenvalue weighted by Crippen LogP contribution is 2.41. The molecule has 3 aliphatic rings. The lowest BCUT2D eigenvalue weighted by Gasteiger charge is -2.37. The van der Waals surface area contributed by atoms with E-state index in [1.54, 1.807) is 0 Å². The van der Waals surface area contributed by atoms with Gasteiger partial charge in [0, 0.05) is 18.6 Å². The second-order valence-corrected chi connectivity index (χ2v) is 8.52. The Morgan fingerprint density at radius 1 is 1.17 bits per heavy atom. The van der Waals surface area contributed by atoms with Crippen LogP contribution in [0.2, 0.25) is 0 Å². The number of fused-ring (bicyclic) bond motifs is 1. The predicted octanol–water partition coefficient (Wildman–Crippen LogP) is 2.52. The number of anilines is 1. The smallest absolute Gasteiger partial charge is 0.157 e. The van der Waals surface area contributed by atoms with Crippen LogP contribution < -0.4 is 31.3 Å². The van der Waals surface area contributed by atoms with Crippen molar-refractivity contribution in [2.45, 2.75) is 70.5 Å². The quantitative estimate of drug-likeness (QED) is 0.532. The number of allylic oxidation sites excluding steroid dienone is 1. The van der Waals surface area contributed by atoms with Gasteiger partial charge in [-0.25, -0.2) is 4.39 Å². The molecule has 1 aromatic carbocycles. The lowest BCUT2D eigenvalue weighted by atomic mass is 9.93. The summed E-state index contributed by atoms with van der Waals surface area (Å²) in [6.07, 6.45) is 6.80. The van der Waals surface area contributed by atoms with Crippen molar-refractivity contribution in [1.82, 2.24) is 21.3 Å². The number of rotatable bonds is 4. The number of aryl methyl sites for hydroxylation is 1. The Bertz CT molecular complexity index is 768. The Labute approximate surface area is 173 Å². The third-order valence-corrected chi connectivity index (χ3v) is 6.17. The number of ether oxygens (including phenoxy) is 1. The topological polar surface area (TPSA) is 69.4 Å². The molecule has 0 amide bonds. The number of benzene rings is 1. The Kier molecular flexibility index (Phi) is 6.39. The van der Waals surface area contributed by atoms with E-state index in [0.717, 1.165) is 55.5 Å². The molecule has 4 rings (SSSR count). The first kappa shape index (κ1) is 20.6. The van der Waals surface area contributed by atoms with Crippen molar-refractivity contribution in [1.29, 1.82) is 0 Å². The highest BCUT2D eigenvalue weighted by molar-refractivity contribution is 5.77. The lowest BCUT2D eigenvalue weighted by molar-refractivity contribution is 0.248. The normalized spacial score (nSPS) is 30.0. The van der Waals surface area contributed by atoms with E-state index >= 15 is 4.39 Å². The van der Waals surface area contributed by atoms with Gasteiger partial charge >= 0.3 is 0 Å². The van der Waals surface area contributed by atoms with Gasteiger partial charge in [0.15, 0.2) is 5.82 Å². The van der Waals surface area contributed by atoms with Crippen LogP contribution in [0, 0.1) is 5.82 Å². The summed E-state index contributed by atoms with van der Waals surface area (Å²) < 4.78 is 21.8. The molecule has 1 saturated heterocycles. The Hall–Kier alpha value is -1.67. The molecule has 1 fully saturated rings. The van der Waals surface area contributed by atoms with Gasteiger partial charge in [0.1, 0.15) is 12.0 Å². The number of nitrogens with one attached hydrogen (secondary N) is 5. The Balaban J connectivity index is 1.67. The van der Waals surface area contributed by atoms with Crippen LogP contribution >= 0.6 is 0 Å². The van der Waals surface area contributed by atoms with E-state index in [-0.39, 0.29) is 18.3 Å². The third kappa shape index (κ3) is 4.58. The van der Waals surface area contributed by atoms with Gasteiger partial charge in [0.05, 0.1) is 24.0 Å². The lowest BCUT2D eigenvalue weighted by Crippen LogP contribution is -2.63. The zero-order valence-electron chi connectivity index (χ0n) is 17.7. The zero-order chi connectivity index (χ0) is 20.4. The Morgan fingerprint density at radius 3 is 2.86 bits per heavy atom. The van der Waals surface area contributed by atoms with Crippen LogP contribution in [0.25, 0.3) is 5.57 Å². The van der Waals surface area contributed by atoms with E-state index in [1.807, 2.05) is 13.1 Å². The summed E-state index contributed by atoms with van der Waals surface area (Å²) in [5, 5.41) is 17.0. The first-order valence-corrected chi connectivity index (χ1v) is 10.9. The van der Waals surface area contributed by atoms with Crippen molar-refractivity contribution in [3.05, 3.63) is 29.1 Å². The van der Waals surface area contributed by atoms with Gasteiger partial charge in [0.25, 0.3) is 0 Å². The van der Waals surface area contributed by atoms with E-state index in [0.29, 0.717) is 29.9 Å².